The third-order valence-corrected chi connectivity index (χ3v) is 6.56. The molecule has 1 amide bonds. The van der Waals surface area contributed by atoms with Gasteiger partial charge in [-0.25, -0.2) is 13.8 Å². The van der Waals surface area contributed by atoms with Crippen LogP contribution in [0.1, 0.15) is 29.3 Å². The third-order valence-electron chi connectivity index (χ3n) is 6.56. The molecule has 1 unspecified atom stereocenters. The zero-order valence-corrected chi connectivity index (χ0v) is 19.0. The van der Waals surface area contributed by atoms with Crippen LogP contribution in [0.5, 0.6) is 0 Å². The van der Waals surface area contributed by atoms with E-state index in [1.165, 1.54) is 18.2 Å². The number of hydrogen-bond donors (Lipinski definition) is 0. The summed E-state index contributed by atoms with van der Waals surface area (Å²) in [5, 5.41) is 0. The fraction of sp³-hybridized carbons (Fsp3) is 0.259. The van der Waals surface area contributed by atoms with Crippen LogP contribution in [0.15, 0.2) is 72.9 Å². The van der Waals surface area contributed by atoms with Crippen molar-refractivity contribution in [1.29, 1.82) is 0 Å². The number of hydrogen-bond acceptors (Lipinski definition) is 3. The van der Waals surface area contributed by atoms with E-state index in [0.717, 1.165) is 22.6 Å². The Morgan fingerprint density at radius 2 is 1.74 bits per heavy atom. The van der Waals surface area contributed by atoms with E-state index in [0.29, 0.717) is 31.9 Å². The highest BCUT2D eigenvalue weighted by molar-refractivity contribution is 5.78. The molecule has 1 aliphatic rings. The molecule has 1 saturated heterocycles. The van der Waals surface area contributed by atoms with Crippen molar-refractivity contribution in [3.63, 3.8) is 0 Å². The second kappa shape index (κ2) is 9.25. The normalized spacial score (nSPS) is 15.0. The van der Waals surface area contributed by atoms with Crippen LogP contribution in [0.4, 0.5) is 14.5 Å². The van der Waals surface area contributed by atoms with Crippen LogP contribution in [0.25, 0.3) is 5.65 Å². The number of aryl methyl sites for hydroxylation is 1. The molecule has 1 fully saturated rings. The Balaban J connectivity index is 1.39. The molecule has 0 spiro atoms. The van der Waals surface area contributed by atoms with Gasteiger partial charge < -0.3 is 14.2 Å². The van der Waals surface area contributed by atoms with Crippen molar-refractivity contribution in [2.45, 2.75) is 19.3 Å². The van der Waals surface area contributed by atoms with Gasteiger partial charge in [-0.3, -0.25) is 4.79 Å². The van der Waals surface area contributed by atoms with Crippen molar-refractivity contribution >= 4 is 17.2 Å². The van der Waals surface area contributed by atoms with Gasteiger partial charge >= 0.3 is 0 Å². The average Bonchev–Trinajstić information content (AvgIpc) is 3.28. The lowest BCUT2D eigenvalue weighted by molar-refractivity contribution is -0.131. The Labute approximate surface area is 197 Å². The minimum Gasteiger partial charge on any atom is -0.366 e. The molecular formula is C27H26F2N4O. The number of halogens is 2. The van der Waals surface area contributed by atoms with Gasteiger partial charge in [-0.05, 0) is 48.9 Å². The Kier molecular flexibility index (Phi) is 6.01. The van der Waals surface area contributed by atoms with Crippen molar-refractivity contribution < 1.29 is 13.6 Å². The molecule has 0 bridgehead atoms. The van der Waals surface area contributed by atoms with Crippen LogP contribution in [0.3, 0.4) is 0 Å². The van der Waals surface area contributed by atoms with Gasteiger partial charge in [0, 0.05) is 50.4 Å². The molecule has 34 heavy (non-hydrogen) atoms. The van der Waals surface area contributed by atoms with E-state index in [4.69, 9.17) is 0 Å². The number of piperazine rings is 1. The molecule has 0 aliphatic carbocycles. The van der Waals surface area contributed by atoms with Gasteiger partial charge in [0.05, 0.1) is 11.4 Å². The first-order valence-electron chi connectivity index (χ1n) is 11.5. The third kappa shape index (κ3) is 4.25. The predicted octanol–water partition coefficient (Wildman–Crippen LogP) is 4.79. The molecule has 1 atom stereocenters. The van der Waals surface area contributed by atoms with Crippen molar-refractivity contribution in [3.05, 3.63) is 102 Å². The lowest BCUT2D eigenvalue weighted by Crippen LogP contribution is -2.49. The van der Waals surface area contributed by atoms with E-state index in [1.807, 2.05) is 51.5 Å². The van der Waals surface area contributed by atoms with Gasteiger partial charge in [0.25, 0.3) is 0 Å². The zero-order valence-electron chi connectivity index (χ0n) is 19.0. The summed E-state index contributed by atoms with van der Waals surface area (Å²) in [6, 6.07) is 19.0. The predicted molar refractivity (Wildman–Crippen MR) is 128 cm³/mol. The molecule has 0 saturated carbocycles. The van der Waals surface area contributed by atoms with Crippen LogP contribution >= 0.6 is 0 Å². The summed E-state index contributed by atoms with van der Waals surface area (Å²) in [7, 11) is 0. The highest BCUT2D eigenvalue weighted by Crippen LogP contribution is 2.31. The summed E-state index contributed by atoms with van der Waals surface area (Å²) in [6.07, 6.45) is 1.98. The second-order valence-corrected chi connectivity index (χ2v) is 8.67. The van der Waals surface area contributed by atoms with Gasteiger partial charge in [-0.2, -0.15) is 0 Å². The van der Waals surface area contributed by atoms with Gasteiger partial charge in [0.2, 0.25) is 5.91 Å². The number of carbonyl (C=O) groups is 1. The quantitative estimate of drug-likeness (QED) is 0.430. The number of pyridine rings is 1. The van der Waals surface area contributed by atoms with Gasteiger partial charge in [0.1, 0.15) is 17.3 Å². The van der Waals surface area contributed by atoms with E-state index in [1.54, 1.807) is 24.4 Å². The summed E-state index contributed by atoms with van der Waals surface area (Å²) in [6.45, 7) is 4.13. The number of carbonyl (C=O) groups excluding carboxylic acids is 1. The maximum absolute atomic E-state index is 14.2. The topological polar surface area (TPSA) is 40.9 Å². The first-order valence-corrected chi connectivity index (χ1v) is 11.5. The van der Waals surface area contributed by atoms with Gasteiger partial charge in [-0.15, -0.1) is 0 Å². The van der Waals surface area contributed by atoms with E-state index < -0.39 is 0 Å². The molecule has 5 nitrogen and oxygen atoms in total. The van der Waals surface area contributed by atoms with E-state index in [2.05, 4.69) is 4.98 Å². The maximum atomic E-state index is 14.2. The van der Waals surface area contributed by atoms with Crippen molar-refractivity contribution in [3.8, 4) is 0 Å². The lowest BCUT2D eigenvalue weighted by Gasteiger charge is -2.36. The fourth-order valence-electron chi connectivity index (χ4n) is 4.80. The highest BCUT2D eigenvalue weighted by atomic mass is 19.1. The Bertz CT molecular complexity index is 1330. The van der Waals surface area contributed by atoms with Crippen molar-refractivity contribution in [2.75, 3.05) is 31.1 Å². The monoisotopic (exact) mass is 460 g/mol. The molecule has 7 heteroatoms. The smallest absolute Gasteiger partial charge is 0.223 e. The van der Waals surface area contributed by atoms with Crippen LogP contribution in [0, 0.1) is 18.6 Å². The summed E-state index contributed by atoms with van der Waals surface area (Å²) < 4.78 is 30.3. The van der Waals surface area contributed by atoms with Crippen molar-refractivity contribution in [2.24, 2.45) is 0 Å². The Morgan fingerprint density at radius 1 is 0.971 bits per heavy atom. The number of aromatic nitrogens is 2. The summed E-state index contributed by atoms with van der Waals surface area (Å²) in [5.74, 6) is -0.940. The van der Waals surface area contributed by atoms with Gasteiger partial charge in [-0.1, -0.05) is 30.3 Å². The minimum absolute atomic E-state index is 0.00835. The SMILES string of the molecule is Cc1cccc2ncc(C(CC(=O)N3CCN(c4ccccc4F)CC3)c3cccc(F)c3)n12. The molecule has 0 radical (unpaired) electrons. The largest absolute Gasteiger partial charge is 0.366 e. The Hall–Kier alpha value is -3.74. The molecule has 5 rings (SSSR count). The number of anilines is 1. The van der Waals surface area contributed by atoms with Gasteiger partial charge in [0.15, 0.2) is 0 Å². The second-order valence-electron chi connectivity index (χ2n) is 8.67. The number of rotatable bonds is 5. The molecular weight excluding hydrogens is 434 g/mol. The maximum Gasteiger partial charge on any atom is 0.223 e. The fourth-order valence-corrected chi connectivity index (χ4v) is 4.80. The van der Waals surface area contributed by atoms with Crippen LogP contribution < -0.4 is 4.90 Å². The van der Waals surface area contributed by atoms with Crippen LogP contribution in [0.2, 0.25) is 0 Å². The first-order chi connectivity index (χ1) is 16.5. The lowest BCUT2D eigenvalue weighted by atomic mass is 9.91. The number of nitrogens with zero attached hydrogens (tertiary/aromatic N) is 4. The molecule has 2 aromatic heterocycles. The first kappa shape index (κ1) is 22.1. The minimum atomic E-state index is -0.344. The van der Waals surface area contributed by atoms with Crippen LogP contribution in [-0.4, -0.2) is 46.4 Å². The number of para-hydroxylation sites is 1. The Morgan fingerprint density at radius 3 is 2.50 bits per heavy atom. The molecule has 0 N–H and O–H groups in total. The van der Waals surface area contributed by atoms with E-state index in [-0.39, 0.29) is 29.9 Å². The number of amides is 1. The standard InChI is InChI=1S/C27H26F2N4O/c1-19-6-4-11-26-30-18-25(33(19)26)22(20-7-5-8-21(28)16-20)17-27(34)32-14-12-31(13-15-32)24-10-3-2-9-23(24)29/h2-11,16,18,22H,12-15,17H2,1H3. The summed E-state index contributed by atoms with van der Waals surface area (Å²) >= 11 is 0. The molecule has 2 aromatic carbocycles. The summed E-state index contributed by atoms with van der Waals surface area (Å²) in [5.41, 5.74) is 3.95. The average molecular weight is 461 g/mol. The number of imidazole rings is 1. The number of benzene rings is 2. The molecule has 4 aromatic rings. The zero-order chi connectivity index (χ0) is 23.7. The summed E-state index contributed by atoms with van der Waals surface area (Å²) in [4.78, 5) is 21.7. The number of fused-ring (bicyclic) bond motifs is 1. The highest BCUT2D eigenvalue weighted by Gasteiger charge is 2.28. The molecule has 174 valence electrons. The van der Waals surface area contributed by atoms with Crippen molar-refractivity contribution in [1.82, 2.24) is 14.3 Å². The van der Waals surface area contributed by atoms with E-state index in [9.17, 15) is 13.6 Å². The van der Waals surface area contributed by atoms with E-state index >= 15 is 0 Å². The van der Waals surface area contributed by atoms with Crippen LogP contribution in [-0.2, 0) is 4.79 Å². The molecule has 3 heterocycles. The molecule has 1 aliphatic heterocycles.